The van der Waals surface area contributed by atoms with Crippen LogP contribution in [-0.2, 0) is 6.54 Å². The number of likely N-dealkylation sites (tertiary alicyclic amines) is 1. The Kier molecular flexibility index (Phi) is 4.26. The maximum Gasteiger partial charge on any atom is 0.145 e. The first-order chi connectivity index (χ1) is 10.1. The van der Waals surface area contributed by atoms with Crippen LogP contribution in [0.25, 0.3) is 0 Å². The van der Waals surface area contributed by atoms with Gasteiger partial charge >= 0.3 is 0 Å². The van der Waals surface area contributed by atoms with E-state index in [1.165, 1.54) is 6.07 Å². The molecule has 21 heavy (non-hydrogen) atoms. The molecule has 6 heteroatoms. The molecule has 0 amide bonds. The van der Waals surface area contributed by atoms with Crippen molar-refractivity contribution in [3.8, 4) is 0 Å². The zero-order chi connectivity index (χ0) is 14.8. The maximum atomic E-state index is 13.9. The minimum atomic E-state index is -0.147. The predicted octanol–water partition coefficient (Wildman–Crippen LogP) is 3.20. The average molecular weight is 353 g/mol. The number of nitrogens with zero attached hydrogens (tertiary/aromatic N) is 3. The molecule has 1 aliphatic heterocycles. The molecule has 0 unspecified atom stereocenters. The molecule has 0 aliphatic carbocycles. The van der Waals surface area contributed by atoms with Crippen molar-refractivity contribution in [2.45, 2.75) is 25.4 Å². The van der Waals surface area contributed by atoms with Crippen molar-refractivity contribution in [3.63, 3.8) is 0 Å². The van der Waals surface area contributed by atoms with E-state index in [0.717, 1.165) is 36.0 Å². The zero-order valence-electron chi connectivity index (χ0n) is 11.7. The van der Waals surface area contributed by atoms with Gasteiger partial charge in [0.25, 0.3) is 0 Å². The highest BCUT2D eigenvalue weighted by Crippen LogP contribution is 2.24. The Bertz CT molecular complexity index is 620. The van der Waals surface area contributed by atoms with Gasteiger partial charge in [-0.15, -0.1) is 0 Å². The first-order valence-electron chi connectivity index (χ1n) is 7.09. The number of benzene rings is 1. The van der Waals surface area contributed by atoms with Crippen molar-refractivity contribution in [2.24, 2.45) is 0 Å². The lowest BCUT2D eigenvalue weighted by Crippen LogP contribution is -2.34. The molecule has 1 fully saturated rings. The molecule has 2 N–H and O–H groups in total. The molecule has 1 saturated heterocycles. The van der Waals surface area contributed by atoms with Crippen molar-refractivity contribution in [3.05, 3.63) is 46.3 Å². The van der Waals surface area contributed by atoms with Crippen LogP contribution in [0.3, 0.4) is 0 Å². The number of nitrogen functional groups attached to an aromatic ring is 1. The van der Waals surface area contributed by atoms with E-state index < -0.39 is 0 Å². The lowest BCUT2D eigenvalue weighted by molar-refractivity contribution is 0.172. The second kappa shape index (κ2) is 6.15. The van der Waals surface area contributed by atoms with Crippen LogP contribution < -0.4 is 5.73 Å². The Morgan fingerprint density at radius 3 is 2.67 bits per heavy atom. The molecule has 2 aromatic rings. The molecular weight excluding hydrogens is 335 g/mol. The molecule has 3 rings (SSSR count). The largest absolute Gasteiger partial charge is 0.382 e. The highest BCUT2D eigenvalue weighted by atomic mass is 79.9. The smallest absolute Gasteiger partial charge is 0.145 e. The molecular formula is C15H18BrFN4. The van der Waals surface area contributed by atoms with Crippen molar-refractivity contribution in [1.82, 2.24) is 14.7 Å². The third-order valence-electron chi connectivity index (χ3n) is 3.97. The summed E-state index contributed by atoms with van der Waals surface area (Å²) in [5.74, 6) is 0.417. The summed E-state index contributed by atoms with van der Waals surface area (Å²) in [5, 5.41) is 4.28. The summed E-state index contributed by atoms with van der Waals surface area (Å²) < 4.78 is 16.6. The number of piperidine rings is 1. The average Bonchev–Trinajstić information content (AvgIpc) is 2.89. The number of aromatic nitrogens is 2. The second-order valence-corrected chi connectivity index (χ2v) is 6.38. The molecule has 0 bridgehead atoms. The van der Waals surface area contributed by atoms with E-state index in [1.807, 2.05) is 29.1 Å². The lowest BCUT2D eigenvalue weighted by atomic mass is 10.0. The van der Waals surface area contributed by atoms with Gasteiger partial charge in [0.1, 0.15) is 11.6 Å². The van der Waals surface area contributed by atoms with Gasteiger partial charge in [-0.3, -0.25) is 9.58 Å². The summed E-state index contributed by atoms with van der Waals surface area (Å²) in [4.78, 5) is 2.29. The molecule has 4 nitrogen and oxygen atoms in total. The number of anilines is 1. The van der Waals surface area contributed by atoms with E-state index in [2.05, 4.69) is 25.9 Å². The molecule has 1 aliphatic rings. The molecule has 0 saturated carbocycles. The van der Waals surface area contributed by atoms with E-state index in [9.17, 15) is 4.39 Å². The fraction of sp³-hybridized carbons (Fsp3) is 0.400. The van der Waals surface area contributed by atoms with E-state index >= 15 is 0 Å². The number of rotatable bonds is 3. The van der Waals surface area contributed by atoms with Crippen LogP contribution in [0.2, 0.25) is 0 Å². The van der Waals surface area contributed by atoms with Gasteiger partial charge in [0.05, 0.1) is 6.04 Å². The van der Waals surface area contributed by atoms with Crippen LogP contribution in [0, 0.1) is 5.82 Å². The van der Waals surface area contributed by atoms with Gasteiger partial charge < -0.3 is 5.73 Å². The van der Waals surface area contributed by atoms with Crippen LogP contribution in [0.4, 0.5) is 10.2 Å². The van der Waals surface area contributed by atoms with Crippen LogP contribution in [-0.4, -0.2) is 27.8 Å². The monoisotopic (exact) mass is 352 g/mol. The summed E-state index contributed by atoms with van der Waals surface area (Å²) in [6.45, 7) is 2.55. The maximum absolute atomic E-state index is 13.9. The topological polar surface area (TPSA) is 47.1 Å². The van der Waals surface area contributed by atoms with E-state index in [4.69, 9.17) is 5.73 Å². The van der Waals surface area contributed by atoms with Crippen LogP contribution in [0.15, 0.2) is 34.9 Å². The van der Waals surface area contributed by atoms with Gasteiger partial charge in [-0.1, -0.05) is 22.0 Å². The number of hydrogen-bond donors (Lipinski definition) is 1. The van der Waals surface area contributed by atoms with Crippen molar-refractivity contribution < 1.29 is 4.39 Å². The zero-order valence-corrected chi connectivity index (χ0v) is 13.3. The Morgan fingerprint density at radius 1 is 1.29 bits per heavy atom. The van der Waals surface area contributed by atoms with Gasteiger partial charge in [0.2, 0.25) is 0 Å². The minimum Gasteiger partial charge on any atom is -0.382 e. The van der Waals surface area contributed by atoms with E-state index in [1.54, 1.807) is 0 Å². The van der Waals surface area contributed by atoms with Gasteiger partial charge in [-0.05, 0) is 31.0 Å². The third kappa shape index (κ3) is 3.44. The summed E-state index contributed by atoms with van der Waals surface area (Å²) >= 11 is 3.28. The Labute approximate surface area is 131 Å². The lowest BCUT2D eigenvalue weighted by Gasteiger charge is -2.32. The Balaban J connectivity index is 1.58. The number of hydrogen-bond acceptors (Lipinski definition) is 3. The molecule has 0 radical (unpaired) electrons. The van der Waals surface area contributed by atoms with Gasteiger partial charge in [0, 0.05) is 35.9 Å². The van der Waals surface area contributed by atoms with E-state index in [0.29, 0.717) is 18.4 Å². The third-order valence-corrected chi connectivity index (χ3v) is 4.46. The molecule has 112 valence electrons. The van der Waals surface area contributed by atoms with Crippen LogP contribution >= 0.6 is 15.9 Å². The Hall–Kier alpha value is -1.40. The highest BCUT2D eigenvalue weighted by molar-refractivity contribution is 9.10. The molecule has 2 heterocycles. The van der Waals surface area contributed by atoms with Crippen molar-refractivity contribution in [1.29, 1.82) is 0 Å². The highest BCUT2D eigenvalue weighted by Gasteiger charge is 2.21. The SMILES string of the molecule is Nc1ccn(C2CCN(Cc3ccc(Br)cc3F)CC2)n1. The van der Waals surface area contributed by atoms with Crippen LogP contribution in [0.5, 0.6) is 0 Å². The normalized spacial score (nSPS) is 17.2. The van der Waals surface area contributed by atoms with Crippen LogP contribution in [0.1, 0.15) is 24.4 Å². The summed E-state index contributed by atoms with van der Waals surface area (Å²) in [7, 11) is 0. The molecule has 0 spiro atoms. The predicted molar refractivity (Wildman–Crippen MR) is 84.3 cm³/mol. The molecule has 0 atom stereocenters. The summed E-state index contributed by atoms with van der Waals surface area (Å²) in [6, 6.07) is 7.48. The fourth-order valence-corrected chi connectivity index (χ4v) is 3.12. The summed E-state index contributed by atoms with van der Waals surface area (Å²) in [6.07, 6.45) is 3.96. The number of nitrogens with two attached hydrogens (primary N) is 1. The van der Waals surface area contributed by atoms with E-state index in [-0.39, 0.29) is 5.82 Å². The van der Waals surface area contributed by atoms with Crippen molar-refractivity contribution >= 4 is 21.7 Å². The second-order valence-electron chi connectivity index (χ2n) is 5.46. The first kappa shape index (κ1) is 14.5. The molecule has 1 aromatic carbocycles. The summed E-state index contributed by atoms with van der Waals surface area (Å²) in [5.41, 5.74) is 6.41. The Morgan fingerprint density at radius 2 is 2.05 bits per heavy atom. The first-order valence-corrected chi connectivity index (χ1v) is 7.88. The standard InChI is InChI=1S/C15H18BrFN4/c16-12-2-1-11(14(17)9-12)10-20-6-3-13(4-7-20)21-8-5-15(18)19-21/h1-2,5,8-9,13H,3-4,6-7,10H2,(H2,18,19). The molecule has 1 aromatic heterocycles. The minimum absolute atomic E-state index is 0.147. The van der Waals surface area contributed by atoms with Crippen molar-refractivity contribution in [2.75, 3.05) is 18.8 Å². The number of halogens is 2. The van der Waals surface area contributed by atoms with Gasteiger partial charge in [-0.2, -0.15) is 5.10 Å². The fourth-order valence-electron chi connectivity index (χ4n) is 2.79. The van der Waals surface area contributed by atoms with Gasteiger partial charge in [-0.25, -0.2) is 4.39 Å². The quantitative estimate of drug-likeness (QED) is 0.922. The van der Waals surface area contributed by atoms with Gasteiger partial charge in [0.15, 0.2) is 0 Å².